The van der Waals surface area contributed by atoms with Crippen molar-refractivity contribution in [2.75, 3.05) is 70.9 Å². The second-order valence-electron chi connectivity index (χ2n) is 15.5. The number of pyridine rings is 1. The van der Waals surface area contributed by atoms with Gasteiger partial charge in [-0.3, -0.25) is 9.88 Å². The van der Waals surface area contributed by atoms with E-state index in [0.29, 0.717) is 24.4 Å². The van der Waals surface area contributed by atoms with Crippen LogP contribution in [0.4, 0.5) is 5.69 Å². The molecule has 0 saturated carbocycles. The topological polar surface area (TPSA) is 89.4 Å². The standard InChI is InChI=1S/C41H63N5O4SSi/c1-4-5-6-7-8-9-10-11-30-50-35-12-14-36(15-13-35)51(47,48)40-32-42-39-17-16-37(52(3)49)31-38(39)41(40)46-24-20-33(21-25-46)44-22-18-34(19-23-44)45-28-26-43(2)27-29-45/h12-17,31-34,49,52H,4-11,18-30H2,1-3H3. The minimum Gasteiger partial charge on any atom is -0.494 e. The van der Waals surface area contributed by atoms with E-state index in [1.54, 1.807) is 30.5 Å². The molecule has 6 rings (SSSR count). The van der Waals surface area contributed by atoms with Gasteiger partial charge < -0.3 is 24.2 Å². The first-order valence-corrected chi connectivity index (χ1v) is 24.0. The molecular formula is C41H63N5O4SSi. The maximum Gasteiger partial charge on any atom is 0.210 e. The lowest BCUT2D eigenvalue weighted by molar-refractivity contribution is 0.0495. The van der Waals surface area contributed by atoms with Crippen LogP contribution in [0.2, 0.25) is 6.55 Å². The van der Waals surface area contributed by atoms with Gasteiger partial charge >= 0.3 is 0 Å². The predicted molar refractivity (Wildman–Crippen MR) is 216 cm³/mol. The van der Waals surface area contributed by atoms with Gasteiger partial charge in [0, 0.05) is 62.9 Å². The monoisotopic (exact) mass is 749 g/mol. The maximum absolute atomic E-state index is 14.4. The number of benzene rings is 2. The molecule has 1 aromatic heterocycles. The molecule has 3 saturated heterocycles. The summed E-state index contributed by atoms with van der Waals surface area (Å²) < 4.78 is 34.8. The first-order valence-electron chi connectivity index (χ1n) is 20.2. The Kier molecular flexibility index (Phi) is 14.1. The van der Waals surface area contributed by atoms with E-state index in [1.165, 1.54) is 77.5 Å². The Hall–Kier alpha value is -2.54. The largest absolute Gasteiger partial charge is 0.494 e. The lowest BCUT2D eigenvalue weighted by Crippen LogP contribution is -2.54. The summed E-state index contributed by atoms with van der Waals surface area (Å²) in [6, 6.07) is 14.0. The summed E-state index contributed by atoms with van der Waals surface area (Å²) in [5, 5.41) is 1.70. The van der Waals surface area contributed by atoms with Crippen molar-refractivity contribution in [3.05, 3.63) is 48.7 Å². The molecule has 0 amide bonds. The van der Waals surface area contributed by atoms with E-state index in [9.17, 15) is 13.2 Å². The van der Waals surface area contributed by atoms with Crippen LogP contribution in [-0.4, -0.2) is 120 Å². The first kappa shape index (κ1) is 39.2. The Morgan fingerprint density at radius 1 is 0.788 bits per heavy atom. The molecule has 0 radical (unpaired) electrons. The number of nitrogens with zero attached hydrogens (tertiary/aromatic N) is 5. The number of piperazine rings is 1. The third-order valence-corrected chi connectivity index (χ3v) is 14.9. The number of likely N-dealkylation sites (tertiary alicyclic amines) is 1. The number of hydrogen-bond acceptors (Lipinski definition) is 9. The van der Waals surface area contributed by atoms with Crippen LogP contribution >= 0.6 is 0 Å². The van der Waals surface area contributed by atoms with Crippen molar-refractivity contribution in [1.82, 2.24) is 19.7 Å². The van der Waals surface area contributed by atoms with Crippen LogP contribution in [0, 0.1) is 0 Å². The summed E-state index contributed by atoms with van der Waals surface area (Å²) in [7, 11) is -3.78. The summed E-state index contributed by atoms with van der Waals surface area (Å²) in [6.07, 6.45) is 15.9. The Morgan fingerprint density at radius 2 is 1.38 bits per heavy atom. The van der Waals surface area contributed by atoms with Crippen molar-refractivity contribution in [1.29, 1.82) is 0 Å². The Balaban J connectivity index is 1.13. The second kappa shape index (κ2) is 18.7. The molecule has 3 aromatic rings. The molecule has 2 aromatic carbocycles. The minimum atomic E-state index is -3.89. The Morgan fingerprint density at radius 3 is 2.02 bits per heavy atom. The van der Waals surface area contributed by atoms with Crippen LogP contribution in [0.1, 0.15) is 84.0 Å². The molecule has 4 heterocycles. The molecule has 1 atom stereocenters. The zero-order chi connectivity index (χ0) is 36.5. The van der Waals surface area contributed by atoms with Gasteiger partial charge in [0.2, 0.25) is 18.9 Å². The molecule has 3 aliphatic heterocycles. The SMILES string of the molecule is CCCCCCCCCCOc1ccc(S(=O)(=O)c2cnc3ccc([SiH](C)O)cc3c2N2CCC(N3CCC(N4CCN(C)CC4)CC3)CC2)cc1. The molecule has 3 fully saturated rings. The average molecular weight is 750 g/mol. The van der Waals surface area contributed by atoms with Gasteiger partial charge in [0.05, 0.1) is 22.7 Å². The van der Waals surface area contributed by atoms with E-state index in [0.717, 1.165) is 73.6 Å². The molecule has 0 aliphatic carbocycles. The molecule has 1 N–H and O–H groups in total. The molecule has 0 bridgehead atoms. The number of likely N-dealkylation sites (N-methyl/N-ethyl adjacent to an activating group) is 1. The van der Waals surface area contributed by atoms with Crippen LogP contribution in [0.25, 0.3) is 10.9 Å². The van der Waals surface area contributed by atoms with E-state index in [1.807, 2.05) is 24.7 Å². The van der Waals surface area contributed by atoms with E-state index >= 15 is 0 Å². The normalized spacial score (nSPS) is 19.7. The lowest BCUT2D eigenvalue weighted by Gasteiger charge is -2.46. The second-order valence-corrected chi connectivity index (χ2v) is 19.5. The molecule has 9 nitrogen and oxygen atoms in total. The fourth-order valence-corrected chi connectivity index (χ4v) is 10.7. The van der Waals surface area contributed by atoms with Crippen molar-refractivity contribution in [2.45, 2.75) is 112 Å². The maximum atomic E-state index is 14.4. The number of piperidine rings is 2. The van der Waals surface area contributed by atoms with Gasteiger partial charge in [-0.2, -0.15) is 0 Å². The molecule has 3 aliphatic rings. The number of hydrogen-bond donors (Lipinski definition) is 1. The highest BCUT2D eigenvalue weighted by Gasteiger charge is 2.34. The van der Waals surface area contributed by atoms with E-state index in [-0.39, 0.29) is 9.79 Å². The average Bonchev–Trinajstić information content (AvgIpc) is 3.17. The number of sulfone groups is 1. The van der Waals surface area contributed by atoms with Gasteiger partial charge in [-0.15, -0.1) is 0 Å². The highest BCUT2D eigenvalue weighted by molar-refractivity contribution is 7.91. The van der Waals surface area contributed by atoms with Gasteiger partial charge in [-0.1, -0.05) is 57.9 Å². The van der Waals surface area contributed by atoms with Crippen LogP contribution < -0.4 is 14.8 Å². The number of aromatic nitrogens is 1. The third kappa shape index (κ3) is 9.76. The predicted octanol–water partition coefficient (Wildman–Crippen LogP) is 5.82. The van der Waals surface area contributed by atoms with Crippen molar-refractivity contribution in [3.63, 3.8) is 0 Å². The van der Waals surface area contributed by atoms with Crippen LogP contribution in [0.15, 0.2) is 58.5 Å². The van der Waals surface area contributed by atoms with Gasteiger partial charge in [0.1, 0.15) is 10.6 Å². The smallest absolute Gasteiger partial charge is 0.210 e. The van der Waals surface area contributed by atoms with Crippen molar-refractivity contribution in [2.24, 2.45) is 0 Å². The van der Waals surface area contributed by atoms with E-state index < -0.39 is 18.9 Å². The fourth-order valence-electron chi connectivity index (χ4n) is 8.49. The first-order chi connectivity index (χ1) is 25.2. The molecule has 0 spiro atoms. The Labute approximate surface area is 315 Å². The number of fused-ring (bicyclic) bond motifs is 1. The van der Waals surface area contributed by atoms with Crippen LogP contribution in [0.3, 0.4) is 0 Å². The zero-order valence-electron chi connectivity index (χ0n) is 32.0. The quantitative estimate of drug-likeness (QED) is 0.144. The fraction of sp³-hybridized carbons (Fsp3) is 0.634. The molecule has 286 valence electrons. The highest BCUT2D eigenvalue weighted by atomic mass is 32.2. The van der Waals surface area contributed by atoms with Crippen molar-refractivity contribution < 1.29 is 18.0 Å². The van der Waals surface area contributed by atoms with Crippen molar-refractivity contribution >= 4 is 40.7 Å². The van der Waals surface area contributed by atoms with E-state index in [4.69, 9.17) is 4.74 Å². The molecule has 11 heteroatoms. The molecule has 1 unspecified atom stereocenters. The third-order valence-electron chi connectivity index (χ3n) is 11.9. The Bertz CT molecular complexity index is 1670. The van der Waals surface area contributed by atoms with Gasteiger partial charge in [-0.25, -0.2) is 8.42 Å². The zero-order valence-corrected chi connectivity index (χ0v) is 34.0. The lowest BCUT2D eigenvalue weighted by atomic mass is 9.96. The summed E-state index contributed by atoms with van der Waals surface area (Å²) in [5.74, 6) is 0.694. The summed E-state index contributed by atoms with van der Waals surface area (Å²) in [6.45, 7) is 13.3. The van der Waals surface area contributed by atoms with Gasteiger partial charge in [0.15, 0.2) is 0 Å². The molecule has 52 heavy (non-hydrogen) atoms. The minimum absolute atomic E-state index is 0.239. The van der Waals surface area contributed by atoms with Gasteiger partial charge in [0.25, 0.3) is 0 Å². The van der Waals surface area contributed by atoms with E-state index in [2.05, 4.69) is 38.6 Å². The summed E-state index contributed by atoms with van der Waals surface area (Å²) in [4.78, 5) is 25.9. The number of unbranched alkanes of at least 4 members (excludes halogenated alkanes) is 7. The highest BCUT2D eigenvalue weighted by Crippen LogP contribution is 2.38. The summed E-state index contributed by atoms with van der Waals surface area (Å²) in [5.41, 5.74) is 1.48. The molecular weight excluding hydrogens is 687 g/mol. The number of ether oxygens (including phenoxy) is 1. The summed E-state index contributed by atoms with van der Waals surface area (Å²) >= 11 is 0. The number of rotatable bonds is 16. The van der Waals surface area contributed by atoms with Crippen molar-refractivity contribution in [3.8, 4) is 5.75 Å². The number of anilines is 1. The van der Waals surface area contributed by atoms with Crippen LogP contribution in [-0.2, 0) is 9.84 Å². The van der Waals surface area contributed by atoms with Gasteiger partial charge in [-0.05, 0) is 100 Å². The van der Waals surface area contributed by atoms with Crippen LogP contribution in [0.5, 0.6) is 5.75 Å².